The lowest BCUT2D eigenvalue weighted by atomic mass is 9.80. The van der Waals surface area contributed by atoms with Crippen LogP contribution in [0.1, 0.15) is 24.8 Å². The normalized spacial score (nSPS) is 34.0. The molecule has 2 fully saturated rings. The fourth-order valence-electron chi connectivity index (χ4n) is 4.55. The van der Waals surface area contributed by atoms with E-state index >= 15 is 0 Å². The van der Waals surface area contributed by atoms with Gasteiger partial charge in [-0.1, -0.05) is 12.1 Å². The summed E-state index contributed by atoms with van der Waals surface area (Å²) in [6.07, 6.45) is 4.79. The maximum atomic E-state index is 13.0. The zero-order chi connectivity index (χ0) is 14.6. The Balaban J connectivity index is 1.64. The molecule has 1 aliphatic heterocycles. The standard InChI is InChI=1S/C17H18FNO2/c18-13-5-1-10(2-6-13)9-19-15(21)8-14(20)16-11-3-4-12(7-11)17(16)19/h1-2,5-6,8,11-12,16-17,20H,3-4,7,9H2/t11-,12+,16?,17?/m1/s1. The second kappa shape index (κ2) is 4.58. The summed E-state index contributed by atoms with van der Waals surface area (Å²) in [5, 5.41) is 10.2. The first-order valence-electron chi connectivity index (χ1n) is 7.59. The SMILES string of the molecule is O=C1C=C(O)C2C([C@H]3CC[C@@H]2C3)N1Cc1ccc(F)cc1. The van der Waals surface area contributed by atoms with Gasteiger partial charge >= 0.3 is 0 Å². The van der Waals surface area contributed by atoms with Crippen molar-refractivity contribution in [1.29, 1.82) is 0 Å². The Bertz CT molecular complexity index is 610. The van der Waals surface area contributed by atoms with Crippen LogP contribution in [-0.4, -0.2) is 22.0 Å². The number of rotatable bonds is 2. The molecule has 0 aromatic heterocycles. The first-order valence-corrected chi connectivity index (χ1v) is 7.59. The Hall–Kier alpha value is -1.84. The molecule has 21 heavy (non-hydrogen) atoms. The molecule has 1 heterocycles. The van der Waals surface area contributed by atoms with Crippen molar-refractivity contribution in [3.63, 3.8) is 0 Å². The molecule has 4 atom stereocenters. The predicted octanol–water partition coefficient (Wildman–Crippen LogP) is 3.02. The number of hydrogen-bond donors (Lipinski definition) is 1. The molecule has 2 aliphatic carbocycles. The van der Waals surface area contributed by atoms with Crippen LogP contribution < -0.4 is 0 Å². The van der Waals surface area contributed by atoms with Gasteiger partial charge in [0, 0.05) is 24.6 Å². The number of benzene rings is 1. The fourth-order valence-corrected chi connectivity index (χ4v) is 4.55. The maximum Gasteiger partial charge on any atom is 0.250 e. The van der Waals surface area contributed by atoms with Gasteiger partial charge in [0.05, 0.1) is 0 Å². The second-order valence-electron chi connectivity index (χ2n) is 6.51. The Kier molecular flexibility index (Phi) is 2.81. The highest BCUT2D eigenvalue weighted by atomic mass is 19.1. The first kappa shape index (κ1) is 12.9. The third-order valence-electron chi connectivity index (χ3n) is 5.39. The Labute approximate surface area is 123 Å². The molecule has 0 radical (unpaired) electrons. The van der Waals surface area contributed by atoms with Gasteiger partial charge in [0.25, 0.3) is 5.91 Å². The van der Waals surface area contributed by atoms with Crippen LogP contribution in [0.5, 0.6) is 0 Å². The van der Waals surface area contributed by atoms with E-state index in [0.29, 0.717) is 18.4 Å². The number of carbonyl (C=O) groups excluding carboxylic acids is 1. The molecular weight excluding hydrogens is 269 g/mol. The van der Waals surface area contributed by atoms with E-state index in [1.165, 1.54) is 18.2 Å². The van der Waals surface area contributed by atoms with Crippen LogP contribution in [0.4, 0.5) is 4.39 Å². The molecule has 2 bridgehead atoms. The van der Waals surface area contributed by atoms with Crippen molar-refractivity contribution in [2.75, 3.05) is 0 Å². The van der Waals surface area contributed by atoms with E-state index in [-0.39, 0.29) is 29.4 Å². The van der Waals surface area contributed by atoms with Crippen LogP contribution in [0.2, 0.25) is 0 Å². The number of nitrogens with zero attached hydrogens (tertiary/aromatic N) is 1. The summed E-state index contributed by atoms with van der Waals surface area (Å²) in [6, 6.07) is 6.42. The minimum atomic E-state index is -0.265. The maximum absolute atomic E-state index is 13.0. The van der Waals surface area contributed by atoms with Gasteiger partial charge in [-0.2, -0.15) is 0 Å². The summed E-state index contributed by atoms with van der Waals surface area (Å²) in [5.74, 6) is 1.01. The van der Waals surface area contributed by atoms with Gasteiger partial charge in [-0.05, 0) is 48.8 Å². The van der Waals surface area contributed by atoms with Gasteiger partial charge in [0.1, 0.15) is 11.6 Å². The number of halogens is 1. The lowest BCUT2D eigenvalue weighted by Gasteiger charge is -2.42. The Morgan fingerprint density at radius 3 is 2.67 bits per heavy atom. The molecule has 1 N–H and O–H groups in total. The van der Waals surface area contributed by atoms with E-state index in [4.69, 9.17) is 0 Å². The van der Waals surface area contributed by atoms with Crippen LogP contribution in [0.15, 0.2) is 36.1 Å². The number of hydrogen-bond acceptors (Lipinski definition) is 2. The summed E-state index contributed by atoms with van der Waals surface area (Å²) in [7, 11) is 0. The Morgan fingerprint density at radius 2 is 1.90 bits per heavy atom. The lowest BCUT2D eigenvalue weighted by molar-refractivity contribution is -0.133. The first-order chi connectivity index (χ1) is 10.1. The molecule has 1 aromatic rings. The number of aliphatic hydroxyl groups excluding tert-OH is 1. The predicted molar refractivity (Wildman–Crippen MR) is 75.8 cm³/mol. The lowest BCUT2D eigenvalue weighted by Crippen LogP contribution is -2.50. The second-order valence-corrected chi connectivity index (χ2v) is 6.51. The summed E-state index contributed by atoms with van der Waals surface area (Å²) in [6.45, 7) is 0.493. The third-order valence-corrected chi connectivity index (χ3v) is 5.39. The van der Waals surface area contributed by atoms with Gasteiger partial charge in [-0.3, -0.25) is 4.79 Å². The van der Waals surface area contributed by atoms with Crippen LogP contribution >= 0.6 is 0 Å². The monoisotopic (exact) mass is 287 g/mol. The molecule has 1 aromatic carbocycles. The molecule has 110 valence electrons. The summed E-state index contributed by atoms with van der Waals surface area (Å²) in [4.78, 5) is 14.2. The molecular formula is C17H18FNO2. The van der Waals surface area contributed by atoms with Gasteiger partial charge < -0.3 is 10.0 Å². The number of aliphatic hydroxyl groups is 1. The molecule has 4 heteroatoms. The molecule has 1 amide bonds. The molecule has 2 saturated carbocycles. The average Bonchev–Trinajstić information content (AvgIpc) is 3.06. The number of fused-ring (bicyclic) bond motifs is 5. The van der Waals surface area contributed by atoms with Gasteiger partial charge in [-0.15, -0.1) is 0 Å². The highest BCUT2D eigenvalue weighted by molar-refractivity contribution is 5.89. The van der Waals surface area contributed by atoms with Crippen molar-refractivity contribution in [2.24, 2.45) is 17.8 Å². The van der Waals surface area contributed by atoms with E-state index in [0.717, 1.165) is 24.8 Å². The average molecular weight is 287 g/mol. The van der Waals surface area contributed by atoms with Crippen molar-refractivity contribution >= 4 is 5.91 Å². The highest BCUT2D eigenvalue weighted by Crippen LogP contribution is 2.54. The van der Waals surface area contributed by atoms with Crippen molar-refractivity contribution in [3.8, 4) is 0 Å². The topological polar surface area (TPSA) is 40.5 Å². The van der Waals surface area contributed by atoms with Crippen molar-refractivity contribution in [1.82, 2.24) is 4.90 Å². The van der Waals surface area contributed by atoms with Crippen LogP contribution in [0.25, 0.3) is 0 Å². The van der Waals surface area contributed by atoms with E-state index in [1.807, 2.05) is 4.90 Å². The van der Waals surface area contributed by atoms with Gasteiger partial charge in [0.15, 0.2) is 0 Å². The van der Waals surface area contributed by atoms with Gasteiger partial charge in [0.2, 0.25) is 0 Å². The smallest absolute Gasteiger partial charge is 0.250 e. The number of carbonyl (C=O) groups is 1. The molecule has 0 spiro atoms. The van der Waals surface area contributed by atoms with Crippen LogP contribution in [0, 0.1) is 23.6 Å². The number of amides is 1. The molecule has 4 rings (SSSR count). The summed E-state index contributed by atoms with van der Waals surface area (Å²) < 4.78 is 13.0. The Morgan fingerprint density at radius 1 is 1.19 bits per heavy atom. The quantitative estimate of drug-likeness (QED) is 0.908. The van der Waals surface area contributed by atoms with Crippen LogP contribution in [-0.2, 0) is 11.3 Å². The minimum absolute atomic E-state index is 0.113. The molecule has 0 saturated heterocycles. The van der Waals surface area contributed by atoms with E-state index in [9.17, 15) is 14.3 Å². The summed E-state index contributed by atoms with van der Waals surface area (Å²) >= 11 is 0. The molecule has 2 unspecified atom stereocenters. The third kappa shape index (κ3) is 1.96. The molecule has 3 nitrogen and oxygen atoms in total. The molecule has 3 aliphatic rings. The van der Waals surface area contributed by atoms with E-state index < -0.39 is 0 Å². The van der Waals surface area contributed by atoms with E-state index in [1.54, 1.807) is 12.1 Å². The van der Waals surface area contributed by atoms with Crippen molar-refractivity contribution in [2.45, 2.75) is 31.8 Å². The zero-order valence-electron chi connectivity index (χ0n) is 11.7. The highest BCUT2D eigenvalue weighted by Gasteiger charge is 2.54. The van der Waals surface area contributed by atoms with Crippen molar-refractivity contribution in [3.05, 3.63) is 47.5 Å². The van der Waals surface area contributed by atoms with E-state index in [2.05, 4.69) is 0 Å². The zero-order valence-corrected chi connectivity index (χ0v) is 11.7. The minimum Gasteiger partial charge on any atom is -0.512 e. The van der Waals surface area contributed by atoms with Crippen LogP contribution in [0.3, 0.4) is 0 Å². The van der Waals surface area contributed by atoms with Crippen molar-refractivity contribution < 1.29 is 14.3 Å². The summed E-state index contributed by atoms with van der Waals surface area (Å²) in [5.41, 5.74) is 0.932. The fraction of sp³-hybridized carbons (Fsp3) is 0.471. The van der Waals surface area contributed by atoms with Gasteiger partial charge in [-0.25, -0.2) is 4.39 Å². The largest absolute Gasteiger partial charge is 0.512 e.